The van der Waals surface area contributed by atoms with Crippen LogP contribution in [0.5, 0.6) is 0 Å². The van der Waals surface area contributed by atoms with E-state index in [4.69, 9.17) is 4.99 Å². The van der Waals surface area contributed by atoms with Crippen molar-refractivity contribution in [3.05, 3.63) is 35.4 Å². The number of hydrogen-bond acceptors (Lipinski definition) is 2. The molecule has 0 spiro atoms. The Labute approximate surface area is 193 Å². The molecule has 2 N–H and O–H groups in total. The predicted molar refractivity (Wildman–Crippen MR) is 130 cm³/mol. The molecule has 3 rings (SSSR count). The molecule has 1 saturated heterocycles. The van der Waals surface area contributed by atoms with E-state index in [0.29, 0.717) is 31.0 Å². The third-order valence-corrected chi connectivity index (χ3v) is 5.98. The fraction of sp³-hybridized carbons (Fsp3) is 0.652. The standard InChI is InChI=1S/C23H36N4O.HI/c1-4-24-22(26-20-10-12-23(2,3)13-11-20)25-16-18-7-5-8-19(15-18)17-27-14-6-9-21(27)28;/h5,7-8,15,20H,4,6,9-14,16-17H2,1-3H3,(H2,24,25,26);1H. The molecule has 2 fully saturated rings. The van der Waals surface area contributed by atoms with Gasteiger partial charge in [-0.3, -0.25) is 4.79 Å². The second-order valence-electron chi connectivity index (χ2n) is 9.02. The normalized spacial score (nSPS) is 19.8. The first kappa shape index (κ1) is 24.0. The van der Waals surface area contributed by atoms with E-state index in [1.807, 2.05) is 4.90 Å². The molecule has 0 bridgehead atoms. The van der Waals surface area contributed by atoms with Crippen LogP contribution in [-0.4, -0.2) is 35.9 Å². The first-order valence-electron chi connectivity index (χ1n) is 10.9. The van der Waals surface area contributed by atoms with Crippen molar-refractivity contribution in [2.45, 2.75) is 78.4 Å². The molecular formula is C23H37IN4O. The highest BCUT2D eigenvalue weighted by atomic mass is 127. The van der Waals surface area contributed by atoms with Crippen molar-refractivity contribution in [2.75, 3.05) is 13.1 Å². The van der Waals surface area contributed by atoms with E-state index in [-0.39, 0.29) is 29.9 Å². The van der Waals surface area contributed by atoms with Gasteiger partial charge in [0.2, 0.25) is 5.91 Å². The van der Waals surface area contributed by atoms with E-state index in [9.17, 15) is 4.79 Å². The SMILES string of the molecule is CCNC(=NCc1cccc(CN2CCCC2=O)c1)NC1CCC(C)(C)CC1.I. The van der Waals surface area contributed by atoms with Gasteiger partial charge in [0.15, 0.2) is 5.96 Å². The van der Waals surface area contributed by atoms with Gasteiger partial charge in [0.25, 0.3) is 0 Å². The summed E-state index contributed by atoms with van der Waals surface area (Å²) in [5, 5.41) is 7.02. The number of aliphatic imine (C=N–C) groups is 1. The number of carbonyl (C=O) groups is 1. The Balaban J connectivity index is 0.00000300. The van der Waals surface area contributed by atoms with Gasteiger partial charge in [-0.15, -0.1) is 24.0 Å². The second-order valence-corrected chi connectivity index (χ2v) is 9.02. The van der Waals surface area contributed by atoms with Gasteiger partial charge < -0.3 is 15.5 Å². The van der Waals surface area contributed by atoms with Gasteiger partial charge in [-0.1, -0.05) is 38.1 Å². The fourth-order valence-corrected chi connectivity index (χ4v) is 4.15. The maximum absolute atomic E-state index is 11.9. The molecule has 0 unspecified atom stereocenters. The van der Waals surface area contributed by atoms with Gasteiger partial charge in [0, 0.05) is 32.1 Å². The van der Waals surface area contributed by atoms with E-state index in [1.54, 1.807) is 0 Å². The van der Waals surface area contributed by atoms with E-state index in [1.165, 1.54) is 36.8 Å². The van der Waals surface area contributed by atoms with E-state index in [2.05, 4.69) is 55.7 Å². The fourth-order valence-electron chi connectivity index (χ4n) is 4.15. The quantitative estimate of drug-likeness (QED) is 0.337. The Kier molecular flexibility index (Phi) is 9.24. The molecule has 0 aromatic heterocycles. The van der Waals surface area contributed by atoms with Crippen molar-refractivity contribution in [1.29, 1.82) is 0 Å². The summed E-state index contributed by atoms with van der Waals surface area (Å²) >= 11 is 0. The summed E-state index contributed by atoms with van der Waals surface area (Å²) in [6, 6.07) is 8.99. The van der Waals surface area contributed by atoms with Crippen molar-refractivity contribution in [3.63, 3.8) is 0 Å². The zero-order chi connectivity index (χ0) is 20.0. The highest BCUT2D eigenvalue weighted by Gasteiger charge is 2.27. The first-order chi connectivity index (χ1) is 13.4. The maximum atomic E-state index is 11.9. The van der Waals surface area contributed by atoms with Gasteiger partial charge in [-0.2, -0.15) is 0 Å². The van der Waals surface area contributed by atoms with Gasteiger partial charge in [0.05, 0.1) is 6.54 Å². The lowest BCUT2D eigenvalue weighted by molar-refractivity contribution is -0.128. The topological polar surface area (TPSA) is 56.7 Å². The van der Waals surface area contributed by atoms with Crippen LogP contribution in [0.25, 0.3) is 0 Å². The number of hydrogen-bond donors (Lipinski definition) is 2. The number of likely N-dealkylation sites (tertiary alicyclic amines) is 1. The van der Waals surface area contributed by atoms with Gasteiger partial charge in [-0.05, 0) is 55.6 Å². The highest BCUT2D eigenvalue weighted by Crippen LogP contribution is 2.34. The van der Waals surface area contributed by atoms with Crippen LogP contribution in [0.15, 0.2) is 29.3 Å². The Morgan fingerprint density at radius 2 is 1.97 bits per heavy atom. The number of nitrogens with zero attached hydrogens (tertiary/aromatic N) is 2. The van der Waals surface area contributed by atoms with Crippen LogP contribution in [0.2, 0.25) is 0 Å². The zero-order valence-electron chi connectivity index (χ0n) is 18.2. The minimum Gasteiger partial charge on any atom is -0.357 e. The summed E-state index contributed by atoms with van der Waals surface area (Å²) in [7, 11) is 0. The molecule has 1 amide bonds. The lowest BCUT2D eigenvalue weighted by Crippen LogP contribution is -2.45. The van der Waals surface area contributed by atoms with E-state index < -0.39 is 0 Å². The van der Waals surface area contributed by atoms with Gasteiger partial charge in [0.1, 0.15) is 0 Å². The third kappa shape index (κ3) is 7.46. The molecule has 2 aliphatic rings. The lowest BCUT2D eigenvalue weighted by atomic mass is 9.75. The van der Waals surface area contributed by atoms with Crippen LogP contribution in [0.1, 0.15) is 70.4 Å². The second kappa shape index (κ2) is 11.2. The number of amides is 1. The predicted octanol–water partition coefficient (Wildman–Crippen LogP) is 4.45. The molecule has 6 heteroatoms. The number of nitrogens with one attached hydrogen (secondary N) is 2. The lowest BCUT2D eigenvalue weighted by Gasteiger charge is -2.35. The van der Waals surface area contributed by atoms with Crippen molar-refractivity contribution < 1.29 is 4.79 Å². The number of rotatable bonds is 6. The minimum absolute atomic E-state index is 0. The molecule has 1 heterocycles. The summed E-state index contributed by atoms with van der Waals surface area (Å²) in [6.45, 7) is 9.95. The molecule has 1 aliphatic carbocycles. The van der Waals surface area contributed by atoms with Crippen LogP contribution >= 0.6 is 24.0 Å². The van der Waals surface area contributed by atoms with Crippen LogP contribution in [-0.2, 0) is 17.9 Å². The van der Waals surface area contributed by atoms with Crippen molar-refractivity contribution in [1.82, 2.24) is 15.5 Å². The smallest absolute Gasteiger partial charge is 0.222 e. The molecule has 0 radical (unpaired) electrons. The minimum atomic E-state index is 0. The molecular weight excluding hydrogens is 475 g/mol. The largest absolute Gasteiger partial charge is 0.357 e. The maximum Gasteiger partial charge on any atom is 0.222 e. The van der Waals surface area contributed by atoms with Crippen molar-refractivity contribution in [3.8, 4) is 0 Å². The summed E-state index contributed by atoms with van der Waals surface area (Å²) in [4.78, 5) is 18.6. The Bertz CT molecular complexity index is 694. The molecule has 1 aromatic carbocycles. The van der Waals surface area contributed by atoms with Crippen LogP contribution in [0.4, 0.5) is 0 Å². The molecule has 1 saturated carbocycles. The summed E-state index contributed by atoms with van der Waals surface area (Å²) in [6.07, 6.45) is 6.62. The summed E-state index contributed by atoms with van der Waals surface area (Å²) < 4.78 is 0. The Morgan fingerprint density at radius 3 is 2.62 bits per heavy atom. The summed E-state index contributed by atoms with van der Waals surface area (Å²) in [5.41, 5.74) is 2.85. The highest BCUT2D eigenvalue weighted by molar-refractivity contribution is 14.0. The third-order valence-electron chi connectivity index (χ3n) is 5.98. The number of benzene rings is 1. The van der Waals surface area contributed by atoms with Gasteiger partial charge in [-0.25, -0.2) is 4.99 Å². The van der Waals surface area contributed by atoms with Gasteiger partial charge >= 0.3 is 0 Å². The average molecular weight is 512 g/mol. The molecule has 1 aliphatic heterocycles. The zero-order valence-corrected chi connectivity index (χ0v) is 20.5. The van der Waals surface area contributed by atoms with E-state index in [0.717, 1.165) is 25.5 Å². The Hall–Kier alpha value is -1.31. The van der Waals surface area contributed by atoms with Crippen LogP contribution < -0.4 is 10.6 Å². The van der Waals surface area contributed by atoms with Crippen LogP contribution in [0, 0.1) is 5.41 Å². The molecule has 29 heavy (non-hydrogen) atoms. The number of halogens is 1. The van der Waals surface area contributed by atoms with Crippen molar-refractivity contribution in [2.24, 2.45) is 10.4 Å². The van der Waals surface area contributed by atoms with Crippen molar-refractivity contribution >= 4 is 35.8 Å². The Morgan fingerprint density at radius 1 is 1.24 bits per heavy atom. The number of carbonyl (C=O) groups excluding carboxylic acids is 1. The monoisotopic (exact) mass is 512 g/mol. The summed E-state index contributed by atoms with van der Waals surface area (Å²) in [5.74, 6) is 1.19. The van der Waals surface area contributed by atoms with Crippen LogP contribution in [0.3, 0.4) is 0 Å². The van der Waals surface area contributed by atoms with E-state index >= 15 is 0 Å². The molecule has 0 atom stereocenters. The molecule has 1 aromatic rings. The number of guanidine groups is 1. The average Bonchev–Trinajstić information content (AvgIpc) is 3.06. The molecule has 162 valence electrons. The molecule has 5 nitrogen and oxygen atoms in total. The first-order valence-corrected chi connectivity index (χ1v) is 10.9.